The number of hydrogen-bond donors (Lipinski definition) is 3. The molecule has 0 unspecified atom stereocenters. The van der Waals surface area contributed by atoms with E-state index in [0.717, 1.165) is 16.3 Å². The number of amides is 3. The molecule has 0 aliphatic heterocycles. The lowest BCUT2D eigenvalue weighted by atomic mass is 9.99. The number of fused-ring (bicyclic) bond motifs is 1. The zero-order valence-electron chi connectivity index (χ0n) is 18.9. The minimum atomic E-state index is -0.926. The number of alkyl carbamates (subject to hydrolysis) is 1. The van der Waals surface area contributed by atoms with Gasteiger partial charge in [0.05, 0.1) is 0 Å². The highest BCUT2D eigenvalue weighted by atomic mass is 16.6. The van der Waals surface area contributed by atoms with E-state index in [1.807, 2.05) is 56.3 Å². The van der Waals surface area contributed by atoms with Crippen LogP contribution in [0.1, 0.15) is 46.6 Å². The third kappa shape index (κ3) is 7.92. The van der Waals surface area contributed by atoms with Crippen LogP contribution in [0, 0.1) is 5.92 Å². The van der Waals surface area contributed by atoms with Gasteiger partial charge in [0.2, 0.25) is 11.8 Å². The molecule has 3 amide bonds. The van der Waals surface area contributed by atoms with Gasteiger partial charge in [0.15, 0.2) is 0 Å². The lowest BCUT2D eigenvalue weighted by molar-refractivity contribution is -0.128. The average Bonchev–Trinajstić information content (AvgIpc) is 2.64. The lowest BCUT2D eigenvalue weighted by Gasteiger charge is -2.25. The quantitative estimate of drug-likeness (QED) is 0.600. The van der Waals surface area contributed by atoms with Crippen molar-refractivity contribution in [3.63, 3.8) is 0 Å². The molecule has 4 N–H and O–H groups in total. The van der Waals surface area contributed by atoms with E-state index in [2.05, 4.69) is 10.6 Å². The van der Waals surface area contributed by atoms with Crippen LogP contribution in [0.3, 0.4) is 0 Å². The molecular formula is C24H33N3O4. The van der Waals surface area contributed by atoms with Crippen molar-refractivity contribution in [3.05, 3.63) is 48.0 Å². The molecule has 0 aliphatic rings. The van der Waals surface area contributed by atoms with Crippen LogP contribution in [0.2, 0.25) is 0 Å². The van der Waals surface area contributed by atoms with E-state index in [9.17, 15) is 14.4 Å². The van der Waals surface area contributed by atoms with Crippen LogP contribution in [0.4, 0.5) is 4.79 Å². The van der Waals surface area contributed by atoms with Crippen molar-refractivity contribution >= 4 is 28.7 Å². The van der Waals surface area contributed by atoms with Crippen LogP contribution in [0.25, 0.3) is 10.8 Å². The number of hydrogen-bond acceptors (Lipinski definition) is 4. The number of nitrogens with two attached hydrogens (primary N) is 1. The molecule has 0 aromatic heterocycles. The minimum absolute atomic E-state index is 0.163. The number of nitrogens with one attached hydrogen (secondary N) is 2. The van der Waals surface area contributed by atoms with Crippen molar-refractivity contribution in [1.29, 1.82) is 0 Å². The van der Waals surface area contributed by atoms with Gasteiger partial charge in [-0.1, -0.05) is 56.3 Å². The summed E-state index contributed by atoms with van der Waals surface area (Å²) >= 11 is 0. The molecular weight excluding hydrogens is 394 g/mol. The SMILES string of the molecule is CC(C)C[C@H](NC(=O)[C@H](Cc1ccc2ccccc2c1)NC(=O)OC(C)(C)C)C(N)=O. The summed E-state index contributed by atoms with van der Waals surface area (Å²) in [5, 5.41) is 7.45. The molecule has 0 fully saturated rings. The van der Waals surface area contributed by atoms with E-state index in [1.165, 1.54) is 0 Å². The van der Waals surface area contributed by atoms with Crippen LogP contribution < -0.4 is 16.4 Å². The molecule has 168 valence electrons. The molecule has 2 aromatic rings. The Morgan fingerprint density at radius 3 is 2.19 bits per heavy atom. The monoisotopic (exact) mass is 427 g/mol. The van der Waals surface area contributed by atoms with Gasteiger partial charge in [-0.15, -0.1) is 0 Å². The summed E-state index contributed by atoms with van der Waals surface area (Å²) in [7, 11) is 0. The number of rotatable bonds is 8. The molecule has 0 radical (unpaired) electrons. The van der Waals surface area contributed by atoms with Crippen molar-refractivity contribution in [2.24, 2.45) is 11.7 Å². The Hall–Kier alpha value is -3.09. The molecule has 7 nitrogen and oxygen atoms in total. The van der Waals surface area contributed by atoms with E-state index in [0.29, 0.717) is 6.42 Å². The fourth-order valence-corrected chi connectivity index (χ4v) is 3.25. The van der Waals surface area contributed by atoms with Gasteiger partial charge < -0.3 is 21.1 Å². The van der Waals surface area contributed by atoms with Crippen molar-refractivity contribution < 1.29 is 19.1 Å². The van der Waals surface area contributed by atoms with Crippen molar-refractivity contribution in [2.75, 3.05) is 0 Å². The zero-order valence-corrected chi connectivity index (χ0v) is 18.9. The standard InChI is InChI=1S/C24H33N3O4/c1-15(2)12-19(21(25)28)26-22(29)20(27-23(30)31-24(3,4)5)14-16-10-11-17-8-6-7-9-18(17)13-16/h6-11,13,15,19-20H,12,14H2,1-5H3,(H2,25,28)(H,26,29)(H,27,30)/t19-,20-/m0/s1. The number of benzene rings is 2. The topological polar surface area (TPSA) is 111 Å². The maximum Gasteiger partial charge on any atom is 0.408 e. The Kier molecular flexibility index (Phi) is 8.02. The molecule has 0 heterocycles. The highest BCUT2D eigenvalue weighted by Crippen LogP contribution is 2.17. The van der Waals surface area contributed by atoms with E-state index < -0.39 is 35.6 Å². The summed E-state index contributed by atoms with van der Waals surface area (Å²) in [6.45, 7) is 9.12. The van der Waals surface area contributed by atoms with Gasteiger partial charge in [-0.3, -0.25) is 9.59 Å². The largest absolute Gasteiger partial charge is 0.444 e. The van der Waals surface area contributed by atoms with Gasteiger partial charge in [0, 0.05) is 6.42 Å². The Morgan fingerprint density at radius 1 is 0.968 bits per heavy atom. The van der Waals surface area contributed by atoms with Gasteiger partial charge in [-0.2, -0.15) is 0 Å². The number of carbonyl (C=O) groups is 3. The molecule has 31 heavy (non-hydrogen) atoms. The molecule has 2 aromatic carbocycles. The van der Waals surface area contributed by atoms with E-state index in [-0.39, 0.29) is 12.3 Å². The van der Waals surface area contributed by atoms with Crippen LogP contribution in [-0.2, 0) is 20.7 Å². The molecule has 0 bridgehead atoms. The van der Waals surface area contributed by atoms with E-state index in [4.69, 9.17) is 10.5 Å². The van der Waals surface area contributed by atoms with Crippen molar-refractivity contribution in [2.45, 2.75) is 65.1 Å². The first-order valence-electron chi connectivity index (χ1n) is 10.5. The molecule has 0 saturated carbocycles. The van der Waals surface area contributed by atoms with Crippen molar-refractivity contribution in [1.82, 2.24) is 10.6 Å². The third-order valence-corrected chi connectivity index (χ3v) is 4.63. The summed E-state index contributed by atoms with van der Waals surface area (Å²) in [5.74, 6) is -0.928. The first-order valence-corrected chi connectivity index (χ1v) is 10.5. The Morgan fingerprint density at radius 2 is 1.61 bits per heavy atom. The number of ether oxygens (including phenoxy) is 1. The third-order valence-electron chi connectivity index (χ3n) is 4.63. The first-order chi connectivity index (χ1) is 14.4. The van der Waals surface area contributed by atoms with Gasteiger partial charge in [0.25, 0.3) is 0 Å². The van der Waals surface area contributed by atoms with Crippen LogP contribution >= 0.6 is 0 Å². The van der Waals surface area contributed by atoms with Crippen LogP contribution in [-0.4, -0.2) is 35.6 Å². The first kappa shape index (κ1) is 24.2. The molecule has 2 atom stereocenters. The summed E-state index contributed by atoms with van der Waals surface area (Å²) in [4.78, 5) is 37.2. The Balaban J connectivity index is 2.24. The second-order valence-electron chi connectivity index (χ2n) is 9.18. The normalized spacial score (nSPS) is 13.5. The molecule has 2 rings (SSSR count). The summed E-state index contributed by atoms with van der Waals surface area (Å²) < 4.78 is 5.32. The van der Waals surface area contributed by atoms with Crippen LogP contribution in [0.5, 0.6) is 0 Å². The minimum Gasteiger partial charge on any atom is -0.444 e. The Bertz CT molecular complexity index is 934. The molecule has 7 heteroatoms. The van der Waals surface area contributed by atoms with E-state index >= 15 is 0 Å². The molecule has 0 saturated heterocycles. The lowest BCUT2D eigenvalue weighted by Crippen LogP contribution is -2.54. The number of carbonyl (C=O) groups excluding carboxylic acids is 3. The number of primary amides is 1. The van der Waals surface area contributed by atoms with Gasteiger partial charge in [-0.05, 0) is 49.4 Å². The van der Waals surface area contributed by atoms with Gasteiger partial charge in [0.1, 0.15) is 17.7 Å². The second kappa shape index (κ2) is 10.3. The Labute approximate surface area is 183 Å². The maximum atomic E-state index is 13.0. The van der Waals surface area contributed by atoms with Gasteiger partial charge in [-0.25, -0.2) is 4.79 Å². The predicted molar refractivity (Wildman–Crippen MR) is 121 cm³/mol. The second-order valence-corrected chi connectivity index (χ2v) is 9.18. The van der Waals surface area contributed by atoms with Crippen molar-refractivity contribution in [3.8, 4) is 0 Å². The molecule has 0 aliphatic carbocycles. The summed E-state index contributed by atoms with van der Waals surface area (Å²) in [5.41, 5.74) is 5.63. The highest BCUT2D eigenvalue weighted by Gasteiger charge is 2.28. The smallest absolute Gasteiger partial charge is 0.408 e. The fourth-order valence-electron chi connectivity index (χ4n) is 3.25. The van der Waals surface area contributed by atoms with Crippen LogP contribution in [0.15, 0.2) is 42.5 Å². The molecule has 0 spiro atoms. The maximum absolute atomic E-state index is 13.0. The van der Waals surface area contributed by atoms with Gasteiger partial charge >= 0.3 is 6.09 Å². The zero-order chi connectivity index (χ0) is 23.2. The van der Waals surface area contributed by atoms with E-state index in [1.54, 1.807) is 20.8 Å². The fraction of sp³-hybridized carbons (Fsp3) is 0.458. The summed E-state index contributed by atoms with van der Waals surface area (Å²) in [6.07, 6.45) is -0.0489. The summed E-state index contributed by atoms with van der Waals surface area (Å²) in [6, 6.07) is 12.0. The predicted octanol–water partition coefficient (Wildman–Crippen LogP) is 3.29. The highest BCUT2D eigenvalue weighted by molar-refractivity contribution is 5.91. The average molecular weight is 428 g/mol.